The minimum Gasteiger partial charge on any atom is -0.388 e. The van der Waals surface area contributed by atoms with Crippen LogP contribution >= 0.6 is 0 Å². The van der Waals surface area contributed by atoms with E-state index >= 15 is 0 Å². The third kappa shape index (κ3) is 2.31. The smallest absolute Gasteiger partial charge is 0.292 e. The van der Waals surface area contributed by atoms with Gasteiger partial charge in [-0.25, -0.2) is 0 Å². The lowest BCUT2D eigenvalue weighted by atomic mass is 10.1. The Kier molecular flexibility index (Phi) is 3.25. The molecule has 0 bridgehead atoms. The summed E-state index contributed by atoms with van der Waals surface area (Å²) in [6.07, 6.45) is -1.81. The van der Waals surface area contributed by atoms with Gasteiger partial charge in [-0.15, -0.1) is 0 Å². The Bertz CT molecular complexity index is 601. The molecule has 1 aromatic heterocycles. The van der Waals surface area contributed by atoms with Crippen LogP contribution in [0.1, 0.15) is 10.6 Å². The molecule has 2 unspecified atom stereocenters. The molecule has 1 amide bonds. The van der Waals surface area contributed by atoms with E-state index in [0.717, 1.165) is 5.56 Å². The number of β-amino-alcohol motifs (C(OH)–C–C–N with tert-alkyl or cyclic N) is 2. The Morgan fingerprint density at radius 1 is 1.20 bits per heavy atom. The molecule has 0 aliphatic carbocycles. The van der Waals surface area contributed by atoms with E-state index in [0.29, 0.717) is 5.69 Å². The molecule has 1 aromatic carbocycles. The summed E-state index contributed by atoms with van der Waals surface area (Å²) in [7, 11) is 0. The molecule has 1 aliphatic rings. The monoisotopic (exact) mass is 274 g/mol. The molecule has 6 heteroatoms. The van der Waals surface area contributed by atoms with Crippen molar-refractivity contribution in [3.63, 3.8) is 0 Å². The average molecular weight is 274 g/mol. The lowest BCUT2D eigenvalue weighted by Gasteiger charge is -2.12. The lowest BCUT2D eigenvalue weighted by Crippen LogP contribution is -2.29. The van der Waals surface area contributed by atoms with E-state index in [-0.39, 0.29) is 24.8 Å². The number of hydrogen-bond donors (Lipinski definition) is 2. The topological polar surface area (TPSA) is 86.8 Å². The van der Waals surface area contributed by atoms with Gasteiger partial charge in [0.15, 0.2) is 0 Å². The SMILES string of the molecule is O=C(c1cc(-c2ccccc2)no1)N1CC(O)C(O)C1. The molecule has 2 aromatic rings. The van der Waals surface area contributed by atoms with E-state index in [2.05, 4.69) is 5.16 Å². The van der Waals surface area contributed by atoms with Gasteiger partial charge in [0.25, 0.3) is 5.91 Å². The van der Waals surface area contributed by atoms with E-state index in [1.54, 1.807) is 6.07 Å². The van der Waals surface area contributed by atoms with Gasteiger partial charge in [0.05, 0.1) is 12.2 Å². The van der Waals surface area contributed by atoms with Gasteiger partial charge in [0, 0.05) is 24.7 Å². The Hall–Kier alpha value is -2.18. The number of aromatic nitrogens is 1. The van der Waals surface area contributed by atoms with Crippen molar-refractivity contribution < 1.29 is 19.5 Å². The molecule has 1 aliphatic heterocycles. The van der Waals surface area contributed by atoms with E-state index in [4.69, 9.17) is 4.52 Å². The summed E-state index contributed by atoms with van der Waals surface area (Å²) in [6, 6.07) is 10.9. The average Bonchev–Trinajstić information content (AvgIpc) is 3.07. The quantitative estimate of drug-likeness (QED) is 0.833. The summed E-state index contributed by atoms with van der Waals surface area (Å²) >= 11 is 0. The molecule has 104 valence electrons. The van der Waals surface area contributed by atoms with Crippen LogP contribution < -0.4 is 0 Å². The van der Waals surface area contributed by atoms with E-state index < -0.39 is 12.2 Å². The van der Waals surface area contributed by atoms with Gasteiger partial charge >= 0.3 is 0 Å². The fraction of sp³-hybridized carbons (Fsp3) is 0.286. The zero-order valence-corrected chi connectivity index (χ0v) is 10.6. The molecule has 2 heterocycles. The first-order chi connectivity index (χ1) is 9.65. The van der Waals surface area contributed by atoms with Gasteiger partial charge in [-0.05, 0) is 0 Å². The van der Waals surface area contributed by atoms with Crippen LogP contribution in [-0.4, -0.2) is 51.5 Å². The highest BCUT2D eigenvalue weighted by atomic mass is 16.5. The largest absolute Gasteiger partial charge is 0.388 e. The Labute approximate surface area is 115 Å². The van der Waals surface area contributed by atoms with Crippen LogP contribution in [-0.2, 0) is 0 Å². The number of carbonyl (C=O) groups is 1. The van der Waals surface area contributed by atoms with E-state index in [9.17, 15) is 15.0 Å². The van der Waals surface area contributed by atoms with Crippen LogP contribution in [0.3, 0.4) is 0 Å². The summed E-state index contributed by atoms with van der Waals surface area (Å²) in [5, 5.41) is 22.8. The molecule has 6 nitrogen and oxygen atoms in total. The van der Waals surface area contributed by atoms with Crippen LogP contribution in [0.5, 0.6) is 0 Å². The van der Waals surface area contributed by atoms with Crippen LogP contribution in [0.4, 0.5) is 0 Å². The zero-order valence-electron chi connectivity index (χ0n) is 10.6. The second kappa shape index (κ2) is 5.07. The highest BCUT2D eigenvalue weighted by molar-refractivity contribution is 5.92. The first kappa shape index (κ1) is 12.8. The Morgan fingerprint density at radius 2 is 1.85 bits per heavy atom. The molecule has 1 fully saturated rings. The maximum atomic E-state index is 12.2. The molecular weight excluding hydrogens is 260 g/mol. The predicted molar refractivity (Wildman–Crippen MR) is 69.9 cm³/mol. The fourth-order valence-corrected chi connectivity index (χ4v) is 2.21. The number of hydrogen-bond acceptors (Lipinski definition) is 5. The molecule has 3 rings (SSSR count). The van der Waals surface area contributed by atoms with E-state index in [1.165, 1.54) is 4.90 Å². The maximum absolute atomic E-state index is 12.2. The van der Waals surface area contributed by atoms with E-state index in [1.807, 2.05) is 30.3 Å². The van der Waals surface area contributed by atoms with Crippen LogP contribution in [0.2, 0.25) is 0 Å². The first-order valence-corrected chi connectivity index (χ1v) is 6.32. The number of rotatable bonds is 2. The number of carbonyl (C=O) groups excluding carboxylic acids is 1. The van der Waals surface area contributed by atoms with Gasteiger partial charge < -0.3 is 19.6 Å². The predicted octanol–water partition coefficient (Wildman–Crippen LogP) is 0.519. The van der Waals surface area contributed by atoms with Crippen molar-refractivity contribution in [3.8, 4) is 11.3 Å². The minimum atomic E-state index is -0.907. The summed E-state index contributed by atoms with van der Waals surface area (Å²) < 4.78 is 5.06. The first-order valence-electron chi connectivity index (χ1n) is 6.32. The number of benzene rings is 1. The van der Waals surface area contributed by atoms with Crippen LogP contribution in [0.15, 0.2) is 40.9 Å². The second-order valence-electron chi connectivity index (χ2n) is 4.79. The molecule has 1 saturated heterocycles. The minimum absolute atomic E-state index is 0.0986. The number of aliphatic hydroxyl groups is 2. The van der Waals surface area contributed by atoms with Gasteiger partial charge in [0.2, 0.25) is 5.76 Å². The van der Waals surface area contributed by atoms with Crippen molar-refractivity contribution in [1.29, 1.82) is 0 Å². The van der Waals surface area contributed by atoms with Gasteiger partial charge in [-0.3, -0.25) is 4.79 Å². The molecular formula is C14H14N2O4. The highest BCUT2D eigenvalue weighted by Crippen LogP contribution is 2.21. The van der Waals surface area contributed by atoms with Crippen molar-refractivity contribution in [3.05, 3.63) is 42.2 Å². The number of aliphatic hydroxyl groups excluding tert-OH is 2. The van der Waals surface area contributed by atoms with Crippen LogP contribution in [0.25, 0.3) is 11.3 Å². The zero-order chi connectivity index (χ0) is 14.1. The molecule has 2 N–H and O–H groups in total. The van der Waals surface area contributed by atoms with Crippen molar-refractivity contribution in [2.75, 3.05) is 13.1 Å². The molecule has 2 atom stereocenters. The second-order valence-corrected chi connectivity index (χ2v) is 4.79. The van der Waals surface area contributed by atoms with Crippen molar-refractivity contribution in [2.45, 2.75) is 12.2 Å². The number of likely N-dealkylation sites (tertiary alicyclic amines) is 1. The summed E-state index contributed by atoms with van der Waals surface area (Å²) in [4.78, 5) is 13.5. The normalized spacial score (nSPS) is 22.2. The molecule has 20 heavy (non-hydrogen) atoms. The summed E-state index contributed by atoms with van der Waals surface area (Å²) in [5.41, 5.74) is 1.44. The number of amides is 1. The van der Waals surface area contributed by atoms with Gasteiger partial charge in [0.1, 0.15) is 5.69 Å². The van der Waals surface area contributed by atoms with Gasteiger partial charge in [-0.2, -0.15) is 0 Å². The van der Waals surface area contributed by atoms with Crippen LogP contribution in [0, 0.1) is 0 Å². The van der Waals surface area contributed by atoms with Crippen molar-refractivity contribution in [1.82, 2.24) is 10.1 Å². The van der Waals surface area contributed by atoms with Gasteiger partial charge in [-0.1, -0.05) is 35.5 Å². The van der Waals surface area contributed by atoms with Crippen molar-refractivity contribution >= 4 is 5.91 Å². The number of nitrogens with zero attached hydrogens (tertiary/aromatic N) is 2. The lowest BCUT2D eigenvalue weighted by molar-refractivity contribution is 0.0572. The molecule has 0 radical (unpaired) electrons. The molecule has 0 spiro atoms. The maximum Gasteiger partial charge on any atom is 0.292 e. The summed E-state index contributed by atoms with van der Waals surface area (Å²) in [6.45, 7) is 0.197. The Morgan fingerprint density at radius 3 is 2.50 bits per heavy atom. The third-order valence-electron chi connectivity index (χ3n) is 3.34. The molecule has 0 saturated carbocycles. The fourth-order valence-electron chi connectivity index (χ4n) is 2.21. The highest BCUT2D eigenvalue weighted by Gasteiger charge is 2.34. The third-order valence-corrected chi connectivity index (χ3v) is 3.34. The standard InChI is InChI=1S/C14H14N2O4/c17-11-7-16(8-12(11)18)14(19)13-6-10(15-20-13)9-4-2-1-3-5-9/h1-6,11-12,17-18H,7-8H2. The summed E-state index contributed by atoms with van der Waals surface area (Å²) in [5.74, 6) is -0.277. The Balaban J connectivity index is 1.79. The van der Waals surface area contributed by atoms with Crippen molar-refractivity contribution in [2.24, 2.45) is 0 Å².